The molecule has 0 radical (unpaired) electrons. The van der Waals surface area contributed by atoms with E-state index in [1.165, 1.54) is 32.2 Å². The summed E-state index contributed by atoms with van der Waals surface area (Å²) in [5, 5.41) is 8.42. The first-order valence-corrected chi connectivity index (χ1v) is 10.0. The van der Waals surface area contributed by atoms with Crippen LogP contribution >= 0.6 is 11.8 Å². The predicted molar refractivity (Wildman–Crippen MR) is 113 cm³/mol. The van der Waals surface area contributed by atoms with Crippen LogP contribution in [0.2, 0.25) is 0 Å². The average Bonchev–Trinajstić information content (AvgIpc) is 3.05. The molecule has 0 spiro atoms. The molecule has 2 aromatic carbocycles. The number of thioether (sulfide) groups is 1. The van der Waals surface area contributed by atoms with E-state index < -0.39 is 29.1 Å². The number of para-hydroxylation sites is 1. The molecule has 1 aliphatic rings. The number of aromatic carboxylic acids is 1. The molecule has 8 nitrogen and oxygen atoms in total. The third-order valence-electron chi connectivity index (χ3n) is 4.55. The zero-order chi connectivity index (χ0) is 22.5. The van der Waals surface area contributed by atoms with Crippen LogP contribution in [0.5, 0.6) is 5.75 Å². The minimum Gasteiger partial charge on any atom is -0.488 e. The smallest absolute Gasteiger partial charge is 0.335 e. The first-order valence-electron chi connectivity index (χ1n) is 9.20. The number of imide groups is 1. The summed E-state index contributed by atoms with van der Waals surface area (Å²) < 4.78 is 10.5. The van der Waals surface area contributed by atoms with Gasteiger partial charge in [0.1, 0.15) is 18.4 Å². The van der Waals surface area contributed by atoms with Gasteiger partial charge in [-0.2, -0.15) is 0 Å². The molecule has 0 aliphatic carbocycles. The summed E-state index contributed by atoms with van der Waals surface area (Å²) in [5.74, 6) is -1.78. The Bertz CT molecular complexity index is 1060. The number of hydrogen-bond donors (Lipinski definition) is 1. The molecule has 1 saturated heterocycles. The normalized spacial score (nSPS) is 15.8. The zero-order valence-electron chi connectivity index (χ0n) is 16.7. The Morgan fingerprint density at radius 2 is 1.81 bits per heavy atom. The molecule has 2 amide bonds. The molecule has 1 fully saturated rings. The lowest BCUT2D eigenvalue weighted by molar-refractivity contribution is -0.148. The fourth-order valence-electron chi connectivity index (χ4n) is 2.87. The van der Waals surface area contributed by atoms with Crippen molar-refractivity contribution in [2.75, 3.05) is 7.11 Å². The quantitative estimate of drug-likeness (QED) is 0.513. The molecule has 0 aromatic heterocycles. The number of rotatable bonds is 7. The maximum absolute atomic E-state index is 12.7. The standard InChI is InChI=1S/C22H19NO7S/c1-13(21(27)29-2)23-19(24)18(31-22(23)28)11-16-5-3-4-6-17(16)30-12-14-7-9-15(10-8-14)20(25)26/h3-11,13H,12H2,1-2H3,(H,25,26)/b18-11+/t13-/m1/s1. The van der Waals surface area contributed by atoms with Crippen molar-refractivity contribution >= 4 is 40.9 Å². The van der Waals surface area contributed by atoms with Gasteiger partial charge in [-0.15, -0.1) is 0 Å². The second-order valence-electron chi connectivity index (χ2n) is 6.58. The SMILES string of the molecule is COC(=O)[C@@H](C)N1C(=O)S/C(=C/c2ccccc2OCc2ccc(C(=O)O)cc2)C1=O. The van der Waals surface area contributed by atoms with Crippen molar-refractivity contribution in [1.82, 2.24) is 4.90 Å². The molecule has 0 bridgehead atoms. The highest BCUT2D eigenvalue weighted by atomic mass is 32.2. The molecule has 3 rings (SSSR count). The second kappa shape index (κ2) is 9.48. The predicted octanol–water partition coefficient (Wildman–Crippen LogP) is 3.56. The van der Waals surface area contributed by atoms with Crippen molar-refractivity contribution in [3.8, 4) is 5.75 Å². The van der Waals surface area contributed by atoms with Gasteiger partial charge in [-0.3, -0.25) is 14.5 Å². The molecular formula is C22H19NO7S. The van der Waals surface area contributed by atoms with Gasteiger partial charge in [0.25, 0.3) is 11.1 Å². The van der Waals surface area contributed by atoms with Gasteiger partial charge in [0, 0.05) is 5.56 Å². The largest absolute Gasteiger partial charge is 0.488 e. The number of benzene rings is 2. The first-order chi connectivity index (χ1) is 14.8. The number of carbonyl (C=O) groups excluding carboxylic acids is 3. The summed E-state index contributed by atoms with van der Waals surface area (Å²) in [7, 11) is 1.19. The molecule has 0 unspecified atom stereocenters. The minimum atomic E-state index is -1.02. The van der Waals surface area contributed by atoms with E-state index >= 15 is 0 Å². The van der Waals surface area contributed by atoms with Gasteiger partial charge in [-0.25, -0.2) is 9.59 Å². The van der Waals surface area contributed by atoms with Crippen LogP contribution in [0.25, 0.3) is 6.08 Å². The van der Waals surface area contributed by atoms with Crippen molar-refractivity contribution < 1.29 is 33.8 Å². The Kier molecular flexibility index (Phi) is 6.76. The van der Waals surface area contributed by atoms with Crippen LogP contribution in [-0.4, -0.2) is 46.2 Å². The van der Waals surface area contributed by atoms with Gasteiger partial charge in [0.2, 0.25) is 0 Å². The van der Waals surface area contributed by atoms with E-state index in [0.717, 1.165) is 22.2 Å². The first kappa shape index (κ1) is 22.1. The molecule has 1 N–H and O–H groups in total. The molecular weight excluding hydrogens is 422 g/mol. The highest BCUT2D eigenvalue weighted by molar-refractivity contribution is 8.18. The fraction of sp³-hybridized carbons (Fsp3) is 0.182. The summed E-state index contributed by atoms with van der Waals surface area (Å²) in [4.78, 5) is 48.7. The van der Waals surface area contributed by atoms with Gasteiger partial charge in [0.15, 0.2) is 0 Å². The van der Waals surface area contributed by atoms with Crippen molar-refractivity contribution in [2.24, 2.45) is 0 Å². The van der Waals surface area contributed by atoms with E-state index in [2.05, 4.69) is 4.74 Å². The maximum Gasteiger partial charge on any atom is 0.335 e. The van der Waals surface area contributed by atoms with Crippen molar-refractivity contribution in [3.63, 3.8) is 0 Å². The number of hydrogen-bond acceptors (Lipinski definition) is 7. The Morgan fingerprint density at radius 3 is 2.45 bits per heavy atom. The molecule has 2 aromatic rings. The maximum atomic E-state index is 12.7. The van der Waals surface area contributed by atoms with Crippen molar-refractivity contribution in [2.45, 2.75) is 19.6 Å². The third-order valence-corrected chi connectivity index (χ3v) is 5.44. The number of carboxylic acid groups (broad SMARTS) is 1. The Hall–Kier alpha value is -3.59. The third kappa shape index (κ3) is 4.95. The topological polar surface area (TPSA) is 110 Å². The van der Waals surface area contributed by atoms with E-state index in [4.69, 9.17) is 9.84 Å². The number of carboxylic acids is 1. The monoisotopic (exact) mass is 441 g/mol. The number of ether oxygens (including phenoxy) is 2. The van der Waals surface area contributed by atoms with Gasteiger partial charge >= 0.3 is 11.9 Å². The number of esters is 1. The molecule has 1 atom stereocenters. The highest BCUT2D eigenvalue weighted by Gasteiger charge is 2.41. The molecule has 9 heteroatoms. The van der Waals surface area contributed by atoms with E-state index in [1.807, 2.05) is 0 Å². The highest BCUT2D eigenvalue weighted by Crippen LogP contribution is 2.35. The fourth-order valence-corrected chi connectivity index (χ4v) is 3.77. The lowest BCUT2D eigenvalue weighted by atomic mass is 10.1. The van der Waals surface area contributed by atoms with Crippen LogP contribution in [0.1, 0.15) is 28.4 Å². The van der Waals surface area contributed by atoms with E-state index in [9.17, 15) is 19.2 Å². The molecule has 160 valence electrons. The zero-order valence-corrected chi connectivity index (χ0v) is 17.5. The summed E-state index contributed by atoms with van der Waals surface area (Å²) in [6.07, 6.45) is 1.54. The molecule has 0 saturated carbocycles. The van der Waals surface area contributed by atoms with E-state index in [-0.39, 0.29) is 17.1 Å². The summed E-state index contributed by atoms with van der Waals surface area (Å²) in [5.41, 5.74) is 1.54. The summed E-state index contributed by atoms with van der Waals surface area (Å²) in [6, 6.07) is 12.3. The Balaban J connectivity index is 1.78. The summed E-state index contributed by atoms with van der Waals surface area (Å²) in [6.45, 7) is 1.61. The van der Waals surface area contributed by atoms with Crippen LogP contribution in [0.15, 0.2) is 53.4 Å². The number of nitrogens with zero attached hydrogens (tertiary/aromatic N) is 1. The number of amides is 2. The molecule has 1 aliphatic heterocycles. The van der Waals surface area contributed by atoms with E-state index in [0.29, 0.717) is 11.3 Å². The van der Waals surface area contributed by atoms with Crippen LogP contribution in [-0.2, 0) is 20.9 Å². The van der Waals surface area contributed by atoms with Crippen LogP contribution in [0.4, 0.5) is 4.79 Å². The van der Waals surface area contributed by atoms with Crippen LogP contribution in [0.3, 0.4) is 0 Å². The van der Waals surface area contributed by atoms with Gasteiger partial charge in [-0.05, 0) is 48.5 Å². The minimum absolute atomic E-state index is 0.169. The number of methoxy groups -OCH3 is 1. The lowest BCUT2D eigenvalue weighted by Gasteiger charge is -2.18. The van der Waals surface area contributed by atoms with Gasteiger partial charge in [-0.1, -0.05) is 30.3 Å². The Morgan fingerprint density at radius 1 is 1.13 bits per heavy atom. The Labute approximate surface area is 182 Å². The molecule has 1 heterocycles. The van der Waals surface area contributed by atoms with Gasteiger partial charge in [0.05, 0.1) is 17.6 Å². The number of carbonyl (C=O) groups is 4. The van der Waals surface area contributed by atoms with Crippen LogP contribution in [0, 0.1) is 0 Å². The van der Waals surface area contributed by atoms with Crippen LogP contribution < -0.4 is 4.74 Å². The van der Waals surface area contributed by atoms with Gasteiger partial charge < -0.3 is 14.6 Å². The second-order valence-corrected chi connectivity index (χ2v) is 7.57. The van der Waals surface area contributed by atoms with Crippen molar-refractivity contribution in [1.29, 1.82) is 0 Å². The molecule has 31 heavy (non-hydrogen) atoms. The van der Waals surface area contributed by atoms with E-state index in [1.54, 1.807) is 36.4 Å². The lowest BCUT2D eigenvalue weighted by Crippen LogP contribution is -2.42. The van der Waals surface area contributed by atoms with Crippen molar-refractivity contribution in [3.05, 3.63) is 70.1 Å². The average molecular weight is 441 g/mol. The summed E-state index contributed by atoms with van der Waals surface area (Å²) >= 11 is 0.740.